The summed E-state index contributed by atoms with van der Waals surface area (Å²) in [6.07, 6.45) is 1.16. The lowest BCUT2D eigenvalue weighted by Gasteiger charge is -2.04. The van der Waals surface area contributed by atoms with E-state index >= 15 is 0 Å². The molecule has 0 bridgehead atoms. The van der Waals surface area contributed by atoms with Gasteiger partial charge in [-0.2, -0.15) is 0 Å². The van der Waals surface area contributed by atoms with Crippen molar-refractivity contribution in [2.45, 2.75) is 26.7 Å². The first-order valence-electron chi connectivity index (χ1n) is 6.36. The highest BCUT2D eigenvalue weighted by molar-refractivity contribution is 5.80. The highest BCUT2D eigenvalue weighted by Gasteiger charge is 2.02. The molecule has 0 saturated carbocycles. The maximum absolute atomic E-state index is 11.4. The van der Waals surface area contributed by atoms with Gasteiger partial charge < -0.3 is 0 Å². The maximum atomic E-state index is 11.4. The van der Waals surface area contributed by atoms with Crippen LogP contribution in [0.4, 0.5) is 0 Å². The quantitative estimate of drug-likeness (QED) is 0.780. The number of benzene rings is 2. The van der Waals surface area contributed by atoms with Crippen molar-refractivity contribution in [2.24, 2.45) is 0 Å². The van der Waals surface area contributed by atoms with E-state index in [1.165, 1.54) is 16.7 Å². The number of aryl methyl sites for hydroxylation is 1. The fraction of sp³-hybridized carbons (Fsp3) is 0.235. The molecule has 0 N–H and O–H groups in total. The smallest absolute Gasteiger partial charge is 0.136 e. The van der Waals surface area contributed by atoms with E-state index in [4.69, 9.17) is 0 Å². The van der Waals surface area contributed by atoms with Gasteiger partial charge in [-0.1, -0.05) is 61.0 Å². The number of rotatable bonds is 4. The van der Waals surface area contributed by atoms with Gasteiger partial charge in [-0.3, -0.25) is 4.79 Å². The standard InChI is InChI=1S/C17H18O/c1-3-17(18)12-14-6-10-16(11-7-14)15-8-4-13(2)5-9-15/h4-11H,3,12H2,1-2H3. The van der Waals surface area contributed by atoms with Gasteiger partial charge in [0.1, 0.15) is 5.78 Å². The van der Waals surface area contributed by atoms with Crippen LogP contribution in [0.5, 0.6) is 0 Å². The van der Waals surface area contributed by atoms with Crippen LogP contribution >= 0.6 is 0 Å². The lowest BCUT2D eigenvalue weighted by Crippen LogP contribution is -1.99. The monoisotopic (exact) mass is 238 g/mol. The minimum atomic E-state index is 0.290. The summed E-state index contributed by atoms with van der Waals surface area (Å²) in [4.78, 5) is 11.4. The van der Waals surface area contributed by atoms with E-state index in [0.29, 0.717) is 12.8 Å². The summed E-state index contributed by atoms with van der Waals surface area (Å²) in [5.41, 5.74) is 4.78. The molecule has 2 rings (SSSR count). The Balaban J connectivity index is 2.17. The van der Waals surface area contributed by atoms with Gasteiger partial charge in [0.05, 0.1) is 0 Å². The average Bonchev–Trinajstić information content (AvgIpc) is 2.40. The van der Waals surface area contributed by atoms with Crippen LogP contribution in [0.1, 0.15) is 24.5 Å². The third-order valence-electron chi connectivity index (χ3n) is 3.13. The summed E-state index contributed by atoms with van der Waals surface area (Å²) in [7, 11) is 0. The Labute approximate surface area is 108 Å². The molecule has 0 fully saturated rings. The van der Waals surface area contributed by atoms with Crippen LogP contribution in [-0.4, -0.2) is 5.78 Å². The number of hydrogen-bond donors (Lipinski definition) is 0. The lowest BCUT2D eigenvalue weighted by atomic mass is 10.0. The van der Waals surface area contributed by atoms with E-state index < -0.39 is 0 Å². The second kappa shape index (κ2) is 5.63. The summed E-state index contributed by atoms with van der Waals surface area (Å²) in [5.74, 6) is 0.290. The largest absolute Gasteiger partial charge is 0.299 e. The molecule has 0 radical (unpaired) electrons. The fourth-order valence-corrected chi connectivity index (χ4v) is 1.91. The van der Waals surface area contributed by atoms with Gasteiger partial charge in [-0.15, -0.1) is 0 Å². The minimum absolute atomic E-state index is 0.290. The molecule has 1 heteroatoms. The number of hydrogen-bond acceptors (Lipinski definition) is 1. The Bertz CT molecular complexity index is 521. The van der Waals surface area contributed by atoms with E-state index in [1.54, 1.807) is 0 Å². The van der Waals surface area contributed by atoms with Crippen molar-refractivity contribution < 1.29 is 4.79 Å². The molecule has 1 nitrogen and oxygen atoms in total. The molecule has 0 amide bonds. The normalized spacial score (nSPS) is 10.3. The van der Waals surface area contributed by atoms with Gasteiger partial charge in [-0.25, -0.2) is 0 Å². The Morgan fingerprint density at radius 2 is 1.39 bits per heavy atom. The first kappa shape index (κ1) is 12.6. The van der Waals surface area contributed by atoms with Crippen LogP contribution < -0.4 is 0 Å². The zero-order valence-corrected chi connectivity index (χ0v) is 10.9. The molecule has 2 aromatic carbocycles. The molecular formula is C17H18O. The van der Waals surface area contributed by atoms with E-state index in [-0.39, 0.29) is 5.78 Å². The van der Waals surface area contributed by atoms with E-state index in [9.17, 15) is 4.79 Å². The molecule has 0 heterocycles. The highest BCUT2D eigenvalue weighted by atomic mass is 16.1. The fourth-order valence-electron chi connectivity index (χ4n) is 1.91. The van der Waals surface area contributed by atoms with Gasteiger partial charge >= 0.3 is 0 Å². The molecule has 0 unspecified atom stereocenters. The number of carbonyl (C=O) groups excluding carboxylic acids is 1. The Kier molecular flexibility index (Phi) is 3.93. The summed E-state index contributed by atoms with van der Waals surface area (Å²) >= 11 is 0. The van der Waals surface area contributed by atoms with Gasteiger partial charge in [-0.05, 0) is 23.6 Å². The Morgan fingerprint density at radius 3 is 1.89 bits per heavy atom. The molecule has 0 atom stereocenters. The molecule has 92 valence electrons. The molecule has 0 aliphatic carbocycles. The van der Waals surface area contributed by atoms with Gasteiger partial charge in [0.2, 0.25) is 0 Å². The van der Waals surface area contributed by atoms with E-state index in [1.807, 2.05) is 19.1 Å². The van der Waals surface area contributed by atoms with Gasteiger partial charge in [0, 0.05) is 12.8 Å². The molecule has 0 aromatic heterocycles. The Morgan fingerprint density at radius 1 is 0.889 bits per heavy atom. The molecule has 0 saturated heterocycles. The second-order valence-electron chi connectivity index (χ2n) is 4.63. The van der Waals surface area contributed by atoms with Crippen molar-refractivity contribution in [3.8, 4) is 11.1 Å². The number of carbonyl (C=O) groups is 1. The number of ketones is 1. The van der Waals surface area contributed by atoms with Gasteiger partial charge in [0.15, 0.2) is 0 Å². The highest BCUT2D eigenvalue weighted by Crippen LogP contribution is 2.20. The van der Waals surface area contributed by atoms with Crippen molar-refractivity contribution in [3.05, 3.63) is 59.7 Å². The third kappa shape index (κ3) is 3.07. The van der Waals surface area contributed by atoms with E-state index in [2.05, 4.69) is 43.3 Å². The first-order valence-corrected chi connectivity index (χ1v) is 6.36. The van der Waals surface area contributed by atoms with Crippen LogP contribution in [0.15, 0.2) is 48.5 Å². The third-order valence-corrected chi connectivity index (χ3v) is 3.13. The maximum Gasteiger partial charge on any atom is 0.136 e. The van der Waals surface area contributed by atoms with Crippen molar-refractivity contribution in [3.63, 3.8) is 0 Å². The Hall–Kier alpha value is -1.89. The molecule has 2 aromatic rings. The lowest BCUT2D eigenvalue weighted by molar-refractivity contribution is -0.118. The van der Waals surface area contributed by atoms with Crippen LogP contribution in [-0.2, 0) is 11.2 Å². The molecule has 0 aliphatic heterocycles. The zero-order valence-electron chi connectivity index (χ0n) is 10.9. The minimum Gasteiger partial charge on any atom is -0.299 e. The van der Waals surface area contributed by atoms with Crippen LogP contribution in [0.25, 0.3) is 11.1 Å². The summed E-state index contributed by atoms with van der Waals surface area (Å²) in [5, 5.41) is 0. The predicted octanol–water partition coefficient (Wildman–Crippen LogP) is 4.18. The van der Waals surface area contributed by atoms with Crippen molar-refractivity contribution >= 4 is 5.78 Å². The average molecular weight is 238 g/mol. The predicted molar refractivity (Wildman–Crippen MR) is 75.6 cm³/mol. The molecular weight excluding hydrogens is 220 g/mol. The summed E-state index contributed by atoms with van der Waals surface area (Å²) in [6, 6.07) is 16.7. The number of Topliss-reactive ketones (excluding diaryl/α,β-unsaturated/α-hetero) is 1. The van der Waals surface area contributed by atoms with Crippen molar-refractivity contribution in [2.75, 3.05) is 0 Å². The van der Waals surface area contributed by atoms with Gasteiger partial charge in [0.25, 0.3) is 0 Å². The van der Waals surface area contributed by atoms with Crippen molar-refractivity contribution in [1.82, 2.24) is 0 Å². The SMILES string of the molecule is CCC(=O)Cc1ccc(-c2ccc(C)cc2)cc1. The second-order valence-corrected chi connectivity index (χ2v) is 4.63. The van der Waals surface area contributed by atoms with Crippen LogP contribution in [0.3, 0.4) is 0 Å². The summed E-state index contributed by atoms with van der Waals surface area (Å²) in [6.45, 7) is 3.99. The molecule has 0 spiro atoms. The topological polar surface area (TPSA) is 17.1 Å². The molecule has 18 heavy (non-hydrogen) atoms. The van der Waals surface area contributed by atoms with Crippen molar-refractivity contribution in [1.29, 1.82) is 0 Å². The first-order chi connectivity index (χ1) is 8.69. The van der Waals surface area contributed by atoms with Crippen LogP contribution in [0.2, 0.25) is 0 Å². The summed E-state index contributed by atoms with van der Waals surface area (Å²) < 4.78 is 0. The van der Waals surface area contributed by atoms with E-state index in [0.717, 1.165) is 5.56 Å². The molecule has 0 aliphatic rings. The van der Waals surface area contributed by atoms with Crippen LogP contribution in [0, 0.1) is 6.92 Å². The zero-order chi connectivity index (χ0) is 13.0.